The zero-order valence-electron chi connectivity index (χ0n) is 21.1. The first-order valence-electron chi connectivity index (χ1n) is 13.3. The number of carbonyl (C=O) groups excluding carboxylic acids is 2. The van der Waals surface area contributed by atoms with E-state index >= 15 is 0 Å². The summed E-state index contributed by atoms with van der Waals surface area (Å²) in [6.45, 7) is 3.96. The molecule has 6 heteroatoms. The van der Waals surface area contributed by atoms with Crippen molar-refractivity contribution in [3.05, 3.63) is 48.0 Å². The summed E-state index contributed by atoms with van der Waals surface area (Å²) in [4.78, 5) is 30.1. The van der Waals surface area contributed by atoms with Crippen molar-refractivity contribution in [2.24, 2.45) is 28.6 Å². The van der Waals surface area contributed by atoms with Crippen LogP contribution in [0.4, 0.5) is 0 Å². The quantitative estimate of drug-likeness (QED) is 0.660. The SMILES string of the molecule is CC12CCC(=O)C=C1CCC1C2[C@@H](O)CC2(C)C1CC[C@]2(O)C(=O)COc1ccc2ccccc2n1. The molecule has 1 aromatic carbocycles. The summed E-state index contributed by atoms with van der Waals surface area (Å²) in [5.41, 5.74) is -0.470. The van der Waals surface area contributed by atoms with Crippen LogP contribution >= 0.6 is 0 Å². The molecule has 0 bridgehead atoms. The van der Waals surface area contributed by atoms with Crippen molar-refractivity contribution in [2.45, 2.75) is 70.5 Å². The molecule has 3 fully saturated rings. The van der Waals surface area contributed by atoms with Gasteiger partial charge in [0.1, 0.15) is 5.60 Å². The highest BCUT2D eigenvalue weighted by Crippen LogP contribution is 2.67. The molecule has 0 aliphatic heterocycles. The number of fused-ring (bicyclic) bond motifs is 6. The van der Waals surface area contributed by atoms with Gasteiger partial charge in [-0.15, -0.1) is 0 Å². The van der Waals surface area contributed by atoms with E-state index in [4.69, 9.17) is 4.74 Å². The molecule has 36 heavy (non-hydrogen) atoms. The number of aliphatic hydroxyl groups excluding tert-OH is 1. The Morgan fingerprint density at radius 2 is 1.92 bits per heavy atom. The Morgan fingerprint density at radius 3 is 2.75 bits per heavy atom. The molecule has 5 unspecified atom stereocenters. The van der Waals surface area contributed by atoms with E-state index in [0.29, 0.717) is 25.1 Å². The molecule has 3 saturated carbocycles. The third-order valence-corrected chi connectivity index (χ3v) is 10.4. The van der Waals surface area contributed by atoms with E-state index in [0.717, 1.165) is 36.6 Å². The minimum absolute atomic E-state index is 0.0548. The number of hydrogen-bond donors (Lipinski definition) is 2. The van der Waals surface area contributed by atoms with Crippen LogP contribution in [0.15, 0.2) is 48.0 Å². The first-order valence-corrected chi connectivity index (χ1v) is 13.3. The van der Waals surface area contributed by atoms with Crippen molar-refractivity contribution in [1.82, 2.24) is 4.98 Å². The lowest BCUT2D eigenvalue weighted by Crippen LogP contribution is -2.62. The van der Waals surface area contributed by atoms with E-state index < -0.39 is 17.1 Å². The Kier molecular flexibility index (Phi) is 5.44. The van der Waals surface area contributed by atoms with Crippen LogP contribution in [-0.4, -0.2) is 45.1 Å². The molecule has 0 radical (unpaired) electrons. The Balaban J connectivity index is 1.23. The Labute approximate surface area is 211 Å². The number of benzene rings is 1. The van der Waals surface area contributed by atoms with Crippen LogP contribution < -0.4 is 4.74 Å². The lowest BCUT2D eigenvalue weighted by molar-refractivity contribution is -0.181. The first-order chi connectivity index (χ1) is 17.2. The molecule has 6 rings (SSSR count). The standard InChI is InChI=1S/C30H35NO5/c1-28-13-11-20(32)15-19(28)8-9-21-22-12-14-30(35,29(22,2)16-24(33)27(21)28)25(34)17-36-26-10-7-18-5-3-4-6-23(18)31-26/h3-7,10,15,21-22,24,27,33,35H,8-9,11-14,16-17H2,1-2H3/t21?,22?,24-,27?,28?,29?,30-/m0/s1. The number of pyridine rings is 1. The number of ether oxygens (including phenoxy) is 1. The van der Waals surface area contributed by atoms with Gasteiger partial charge in [0.2, 0.25) is 11.7 Å². The number of rotatable bonds is 4. The van der Waals surface area contributed by atoms with Crippen LogP contribution in [0, 0.1) is 28.6 Å². The molecule has 7 atom stereocenters. The van der Waals surface area contributed by atoms with Crippen molar-refractivity contribution in [3.63, 3.8) is 0 Å². The van der Waals surface area contributed by atoms with Crippen LogP contribution in [0.25, 0.3) is 10.9 Å². The molecule has 4 aliphatic rings. The predicted molar refractivity (Wildman–Crippen MR) is 135 cm³/mol. The lowest BCUT2D eigenvalue weighted by Gasteiger charge is -2.60. The zero-order chi connectivity index (χ0) is 25.3. The molecule has 6 nitrogen and oxygen atoms in total. The van der Waals surface area contributed by atoms with Gasteiger partial charge in [-0.1, -0.05) is 37.6 Å². The first kappa shape index (κ1) is 23.8. The topological polar surface area (TPSA) is 96.7 Å². The fourth-order valence-corrected chi connectivity index (χ4v) is 8.54. The highest BCUT2D eigenvalue weighted by molar-refractivity contribution is 5.92. The molecule has 1 heterocycles. The summed E-state index contributed by atoms with van der Waals surface area (Å²) >= 11 is 0. The van der Waals surface area contributed by atoms with E-state index in [2.05, 4.69) is 11.9 Å². The minimum Gasteiger partial charge on any atom is -0.470 e. The summed E-state index contributed by atoms with van der Waals surface area (Å²) in [6.07, 6.45) is 5.77. The number of para-hydroxylation sites is 1. The molecule has 190 valence electrons. The number of nitrogens with zero attached hydrogens (tertiary/aromatic N) is 1. The van der Waals surface area contributed by atoms with Crippen LogP contribution in [0.3, 0.4) is 0 Å². The average Bonchev–Trinajstić information content (AvgIpc) is 3.13. The van der Waals surface area contributed by atoms with E-state index in [-0.39, 0.29) is 41.3 Å². The Morgan fingerprint density at radius 1 is 1.11 bits per heavy atom. The molecule has 4 aliphatic carbocycles. The van der Waals surface area contributed by atoms with Gasteiger partial charge in [-0.3, -0.25) is 9.59 Å². The van der Waals surface area contributed by atoms with Crippen molar-refractivity contribution in [3.8, 4) is 5.88 Å². The number of Topliss-reactive ketones (excluding diaryl/α,β-unsaturated/α-hetero) is 1. The number of allylic oxidation sites excluding steroid dienone is 1. The third kappa shape index (κ3) is 3.33. The highest BCUT2D eigenvalue weighted by atomic mass is 16.5. The van der Waals surface area contributed by atoms with Gasteiger partial charge in [0.25, 0.3) is 0 Å². The van der Waals surface area contributed by atoms with Gasteiger partial charge in [0.15, 0.2) is 12.4 Å². The zero-order valence-corrected chi connectivity index (χ0v) is 21.1. The summed E-state index contributed by atoms with van der Waals surface area (Å²) in [5.74, 6) is 0.644. The second-order valence-corrected chi connectivity index (χ2v) is 12.0. The monoisotopic (exact) mass is 489 g/mol. The normalized spacial score (nSPS) is 39.7. The smallest absolute Gasteiger partial charge is 0.214 e. The third-order valence-electron chi connectivity index (χ3n) is 10.4. The lowest BCUT2D eigenvalue weighted by atomic mass is 9.45. The van der Waals surface area contributed by atoms with Crippen molar-refractivity contribution in [1.29, 1.82) is 0 Å². The number of aromatic nitrogens is 1. The van der Waals surface area contributed by atoms with Gasteiger partial charge in [-0.2, -0.15) is 0 Å². The fraction of sp³-hybridized carbons (Fsp3) is 0.567. The summed E-state index contributed by atoms with van der Waals surface area (Å²) in [7, 11) is 0. The number of aliphatic hydroxyl groups is 2. The van der Waals surface area contributed by atoms with Gasteiger partial charge >= 0.3 is 0 Å². The molecule has 2 N–H and O–H groups in total. The van der Waals surface area contributed by atoms with Gasteiger partial charge < -0.3 is 14.9 Å². The second-order valence-electron chi connectivity index (χ2n) is 12.0. The van der Waals surface area contributed by atoms with Crippen molar-refractivity contribution in [2.75, 3.05) is 6.61 Å². The molecule has 0 spiro atoms. The molecule has 1 aromatic heterocycles. The van der Waals surface area contributed by atoms with Crippen molar-refractivity contribution < 1.29 is 24.5 Å². The van der Waals surface area contributed by atoms with Crippen molar-refractivity contribution >= 4 is 22.5 Å². The van der Waals surface area contributed by atoms with Gasteiger partial charge in [0, 0.05) is 23.3 Å². The molecule has 0 saturated heterocycles. The van der Waals surface area contributed by atoms with E-state index in [1.807, 2.05) is 43.3 Å². The summed E-state index contributed by atoms with van der Waals surface area (Å²) in [6, 6.07) is 11.4. The van der Waals surface area contributed by atoms with Gasteiger partial charge in [-0.05, 0) is 79.9 Å². The van der Waals surface area contributed by atoms with E-state index in [1.165, 1.54) is 5.57 Å². The maximum absolute atomic E-state index is 13.5. The van der Waals surface area contributed by atoms with Gasteiger partial charge in [-0.25, -0.2) is 4.98 Å². The number of ketones is 2. The summed E-state index contributed by atoms with van der Waals surface area (Å²) < 4.78 is 5.79. The Bertz CT molecular complexity index is 1270. The largest absolute Gasteiger partial charge is 0.470 e. The van der Waals surface area contributed by atoms with E-state index in [1.54, 1.807) is 6.07 Å². The average molecular weight is 490 g/mol. The molecular formula is C30H35NO5. The van der Waals surface area contributed by atoms with Crippen LogP contribution in [0.5, 0.6) is 5.88 Å². The number of hydrogen-bond acceptors (Lipinski definition) is 6. The maximum atomic E-state index is 13.5. The van der Waals surface area contributed by atoms with E-state index in [9.17, 15) is 19.8 Å². The molecular weight excluding hydrogens is 454 g/mol. The minimum atomic E-state index is -1.54. The highest BCUT2D eigenvalue weighted by Gasteiger charge is 2.68. The Hall–Kier alpha value is -2.57. The van der Waals surface area contributed by atoms with Crippen LogP contribution in [-0.2, 0) is 9.59 Å². The summed E-state index contributed by atoms with van der Waals surface area (Å²) in [5, 5.41) is 24.4. The second kappa shape index (κ2) is 8.22. The molecule has 0 amide bonds. The fourth-order valence-electron chi connectivity index (χ4n) is 8.54. The number of carbonyl (C=O) groups is 2. The van der Waals surface area contributed by atoms with Crippen LogP contribution in [0.2, 0.25) is 0 Å². The van der Waals surface area contributed by atoms with Gasteiger partial charge in [0.05, 0.1) is 11.6 Å². The predicted octanol–water partition coefficient (Wildman–Crippen LogP) is 4.42. The van der Waals surface area contributed by atoms with Crippen LogP contribution in [0.1, 0.15) is 58.8 Å². The molecule has 2 aromatic rings. The maximum Gasteiger partial charge on any atom is 0.214 e.